The molecule has 3 nitrogen and oxygen atoms in total. The Morgan fingerprint density at radius 3 is 2.56 bits per heavy atom. The summed E-state index contributed by atoms with van der Waals surface area (Å²) in [6.45, 7) is 1.85. The predicted octanol–water partition coefficient (Wildman–Crippen LogP) is 2.79. The summed E-state index contributed by atoms with van der Waals surface area (Å²) in [6, 6.07) is 5.25. The number of benzene rings is 1. The van der Waals surface area contributed by atoms with Crippen LogP contribution in [0.1, 0.15) is 30.6 Å². The van der Waals surface area contributed by atoms with Crippen molar-refractivity contribution in [2.24, 2.45) is 0 Å². The normalized spacial score (nSPS) is 12.8. The Morgan fingerprint density at radius 2 is 2.06 bits per heavy atom. The third-order valence-corrected chi connectivity index (χ3v) is 2.02. The molecule has 0 aliphatic rings. The third-order valence-electron chi connectivity index (χ3n) is 2.02. The molecule has 88 valence electrons. The summed E-state index contributed by atoms with van der Waals surface area (Å²) in [4.78, 5) is 10.9. The van der Waals surface area contributed by atoms with Gasteiger partial charge in [0, 0.05) is 12.2 Å². The number of alkyl halides is 2. The van der Waals surface area contributed by atoms with Crippen LogP contribution in [0.3, 0.4) is 0 Å². The van der Waals surface area contributed by atoms with Crippen LogP contribution >= 0.6 is 0 Å². The zero-order chi connectivity index (χ0) is 12.1. The highest BCUT2D eigenvalue weighted by atomic mass is 19.3. The minimum atomic E-state index is -2.61. The first-order valence-corrected chi connectivity index (χ1v) is 4.78. The molecule has 0 saturated heterocycles. The number of ether oxygens (including phenoxy) is 1. The topological polar surface area (TPSA) is 46.5 Å². The van der Waals surface area contributed by atoms with E-state index in [0.29, 0.717) is 0 Å². The fourth-order valence-electron chi connectivity index (χ4n) is 1.33. The number of hydrogen-bond donors (Lipinski definition) is 1. The minimum Gasteiger partial charge on any atom is -0.479 e. The first kappa shape index (κ1) is 12.6. The van der Waals surface area contributed by atoms with E-state index in [4.69, 9.17) is 9.84 Å². The van der Waals surface area contributed by atoms with Gasteiger partial charge in [-0.25, -0.2) is 13.6 Å². The zero-order valence-corrected chi connectivity index (χ0v) is 8.69. The number of carbonyl (C=O) groups is 1. The lowest BCUT2D eigenvalue weighted by Gasteiger charge is -2.13. The molecule has 1 unspecified atom stereocenters. The Morgan fingerprint density at radius 1 is 1.44 bits per heavy atom. The van der Waals surface area contributed by atoms with Gasteiger partial charge < -0.3 is 9.84 Å². The Labute approximate surface area is 91.7 Å². The molecule has 0 heterocycles. The second-order valence-electron chi connectivity index (χ2n) is 3.14. The largest absolute Gasteiger partial charge is 0.479 e. The van der Waals surface area contributed by atoms with Crippen LogP contribution in [-0.2, 0) is 9.53 Å². The van der Waals surface area contributed by atoms with Crippen molar-refractivity contribution in [1.82, 2.24) is 0 Å². The molecular formula is C11H12F2O3. The van der Waals surface area contributed by atoms with Crippen molar-refractivity contribution >= 4 is 5.97 Å². The maximum Gasteiger partial charge on any atom is 0.337 e. The van der Waals surface area contributed by atoms with Gasteiger partial charge in [0.25, 0.3) is 6.43 Å². The Balaban J connectivity index is 3.00. The maximum absolute atomic E-state index is 12.4. The van der Waals surface area contributed by atoms with E-state index in [1.807, 2.05) is 0 Å². The molecular weight excluding hydrogens is 218 g/mol. The Bertz CT molecular complexity index is 366. The lowest BCUT2D eigenvalue weighted by atomic mass is 10.1. The molecule has 0 aromatic heterocycles. The second kappa shape index (κ2) is 5.55. The number of carboxylic acids is 1. The van der Waals surface area contributed by atoms with Crippen LogP contribution < -0.4 is 0 Å². The molecule has 0 amide bonds. The smallest absolute Gasteiger partial charge is 0.337 e. The molecule has 1 N–H and O–H groups in total. The summed E-state index contributed by atoms with van der Waals surface area (Å²) in [5, 5.41) is 8.87. The molecule has 0 saturated carbocycles. The van der Waals surface area contributed by atoms with Gasteiger partial charge in [0.2, 0.25) is 0 Å². The van der Waals surface area contributed by atoms with Gasteiger partial charge >= 0.3 is 5.97 Å². The monoisotopic (exact) mass is 230 g/mol. The van der Waals surface area contributed by atoms with Crippen LogP contribution in [0.25, 0.3) is 0 Å². The lowest BCUT2D eigenvalue weighted by Crippen LogP contribution is -2.15. The molecule has 5 heteroatoms. The number of halogens is 2. The van der Waals surface area contributed by atoms with E-state index >= 15 is 0 Å². The summed E-state index contributed by atoms with van der Waals surface area (Å²) < 4.78 is 29.8. The lowest BCUT2D eigenvalue weighted by molar-refractivity contribution is -0.150. The van der Waals surface area contributed by atoms with E-state index in [-0.39, 0.29) is 17.7 Å². The standard InChI is InChI=1S/C11H12F2O3/c1-2-16-9(11(14)15)7-4-3-5-8(6-7)10(12)13/h3-6,9-10H,2H2,1H3,(H,14,15). The van der Waals surface area contributed by atoms with Gasteiger partial charge in [-0.2, -0.15) is 0 Å². The van der Waals surface area contributed by atoms with Crippen LogP contribution in [-0.4, -0.2) is 17.7 Å². The van der Waals surface area contributed by atoms with Gasteiger partial charge in [-0.15, -0.1) is 0 Å². The van der Waals surface area contributed by atoms with E-state index in [2.05, 4.69) is 0 Å². The van der Waals surface area contributed by atoms with Gasteiger partial charge in [0.15, 0.2) is 6.10 Å². The molecule has 0 aliphatic heterocycles. The van der Waals surface area contributed by atoms with Crippen LogP contribution in [0.2, 0.25) is 0 Å². The molecule has 0 spiro atoms. The van der Waals surface area contributed by atoms with E-state index in [1.165, 1.54) is 18.2 Å². The van der Waals surface area contributed by atoms with Crippen molar-refractivity contribution < 1.29 is 23.4 Å². The van der Waals surface area contributed by atoms with Gasteiger partial charge in [-0.3, -0.25) is 0 Å². The summed E-state index contributed by atoms with van der Waals surface area (Å²) >= 11 is 0. The first-order chi connectivity index (χ1) is 7.56. The van der Waals surface area contributed by atoms with Gasteiger partial charge in [0.05, 0.1) is 0 Å². The second-order valence-corrected chi connectivity index (χ2v) is 3.14. The third kappa shape index (κ3) is 3.00. The van der Waals surface area contributed by atoms with E-state index < -0.39 is 18.5 Å². The highest BCUT2D eigenvalue weighted by Crippen LogP contribution is 2.24. The number of rotatable bonds is 5. The molecule has 1 aromatic rings. The van der Waals surface area contributed by atoms with Crippen LogP contribution in [0.15, 0.2) is 24.3 Å². The average Bonchev–Trinajstić information content (AvgIpc) is 2.25. The van der Waals surface area contributed by atoms with Crippen LogP contribution in [0.5, 0.6) is 0 Å². The van der Waals surface area contributed by atoms with Crippen molar-refractivity contribution in [3.05, 3.63) is 35.4 Å². The molecule has 0 aliphatic carbocycles. The van der Waals surface area contributed by atoms with E-state index in [9.17, 15) is 13.6 Å². The molecule has 1 aromatic carbocycles. The minimum absolute atomic E-state index is 0.204. The SMILES string of the molecule is CCOC(C(=O)O)c1cccc(C(F)F)c1. The Hall–Kier alpha value is -1.49. The van der Waals surface area contributed by atoms with Crippen molar-refractivity contribution in [3.8, 4) is 0 Å². The van der Waals surface area contributed by atoms with Gasteiger partial charge in [-0.05, 0) is 18.6 Å². The fourth-order valence-corrected chi connectivity index (χ4v) is 1.33. The quantitative estimate of drug-likeness (QED) is 0.846. The van der Waals surface area contributed by atoms with E-state index in [0.717, 1.165) is 6.07 Å². The molecule has 16 heavy (non-hydrogen) atoms. The summed E-state index contributed by atoms with van der Waals surface area (Å²) in [5.41, 5.74) is 0.0237. The van der Waals surface area contributed by atoms with Crippen molar-refractivity contribution in [2.75, 3.05) is 6.61 Å². The van der Waals surface area contributed by atoms with E-state index in [1.54, 1.807) is 6.92 Å². The summed E-state index contributed by atoms with van der Waals surface area (Å²) in [7, 11) is 0. The predicted molar refractivity (Wildman–Crippen MR) is 53.4 cm³/mol. The number of aliphatic carboxylic acids is 1. The highest BCUT2D eigenvalue weighted by molar-refractivity contribution is 5.74. The van der Waals surface area contributed by atoms with Gasteiger partial charge in [-0.1, -0.05) is 18.2 Å². The Kier molecular flexibility index (Phi) is 4.37. The molecule has 0 bridgehead atoms. The number of hydrogen-bond acceptors (Lipinski definition) is 2. The molecule has 1 rings (SSSR count). The highest BCUT2D eigenvalue weighted by Gasteiger charge is 2.21. The number of carboxylic acid groups (broad SMARTS) is 1. The summed E-state index contributed by atoms with van der Waals surface area (Å²) in [6.07, 6.45) is -3.81. The maximum atomic E-state index is 12.4. The fraction of sp³-hybridized carbons (Fsp3) is 0.364. The average molecular weight is 230 g/mol. The van der Waals surface area contributed by atoms with Crippen molar-refractivity contribution in [3.63, 3.8) is 0 Å². The summed E-state index contributed by atoms with van der Waals surface area (Å²) in [5.74, 6) is -1.19. The van der Waals surface area contributed by atoms with Crippen molar-refractivity contribution in [1.29, 1.82) is 0 Å². The van der Waals surface area contributed by atoms with Crippen molar-refractivity contribution in [2.45, 2.75) is 19.5 Å². The molecule has 0 fully saturated rings. The zero-order valence-electron chi connectivity index (χ0n) is 8.69. The molecule has 0 radical (unpaired) electrons. The molecule has 1 atom stereocenters. The van der Waals surface area contributed by atoms with Crippen LogP contribution in [0.4, 0.5) is 8.78 Å². The van der Waals surface area contributed by atoms with Crippen LogP contribution in [0, 0.1) is 0 Å². The van der Waals surface area contributed by atoms with Gasteiger partial charge in [0.1, 0.15) is 0 Å². The first-order valence-electron chi connectivity index (χ1n) is 4.78.